The fourth-order valence-corrected chi connectivity index (χ4v) is 2.61. The van der Waals surface area contributed by atoms with Crippen LogP contribution < -0.4 is 0 Å². The molecule has 4 heteroatoms. The second-order valence-electron chi connectivity index (χ2n) is 4.80. The highest BCUT2D eigenvalue weighted by atomic mass is 16.5. The topological polar surface area (TPSA) is 53.3 Å². The molecule has 1 rings (SSSR count). The van der Waals surface area contributed by atoms with Gasteiger partial charge in [-0.25, -0.2) is 0 Å². The fourth-order valence-electron chi connectivity index (χ4n) is 2.61. The largest absolute Gasteiger partial charge is 0.383 e. The average Bonchev–Trinajstić information content (AvgIpc) is 2.80. The molecule has 0 aromatic heterocycles. The van der Waals surface area contributed by atoms with Crippen LogP contribution in [0.3, 0.4) is 0 Å². The third-order valence-electron chi connectivity index (χ3n) is 3.62. The van der Waals surface area contributed by atoms with Crippen LogP contribution in [0, 0.1) is 16.7 Å². The van der Waals surface area contributed by atoms with E-state index in [0.717, 1.165) is 12.8 Å². The molecule has 4 nitrogen and oxygen atoms in total. The van der Waals surface area contributed by atoms with Crippen molar-refractivity contribution in [2.24, 2.45) is 5.41 Å². The van der Waals surface area contributed by atoms with Crippen molar-refractivity contribution in [2.45, 2.75) is 45.6 Å². The number of likely N-dealkylation sites (N-methyl/N-ethyl adjacent to an activating group) is 1. The van der Waals surface area contributed by atoms with Gasteiger partial charge in [-0.3, -0.25) is 4.79 Å². The molecule has 1 saturated carbocycles. The zero-order valence-electron chi connectivity index (χ0n) is 11.0. The minimum Gasteiger partial charge on any atom is -0.383 e. The maximum atomic E-state index is 12.5. The Kier molecular flexibility index (Phi) is 4.95. The summed E-state index contributed by atoms with van der Waals surface area (Å²) in [6.45, 7) is 5.06. The van der Waals surface area contributed by atoms with Gasteiger partial charge in [-0.1, -0.05) is 12.8 Å². The Morgan fingerprint density at radius 2 is 2.12 bits per heavy atom. The summed E-state index contributed by atoms with van der Waals surface area (Å²) >= 11 is 0. The molecule has 1 atom stereocenters. The first-order valence-corrected chi connectivity index (χ1v) is 6.32. The van der Waals surface area contributed by atoms with Gasteiger partial charge in [0, 0.05) is 13.7 Å². The number of rotatable bonds is 5. The van der Waals surface area contributed by atoms with Crippen molar-refractivity contribution < 1.29 is 9.53 Å². The van der Waals surface area contributed by atoms with Crippen LogP contribution in [-0.2, 0) is 9.53 Å². The Morgan fingerprint density at radius 3 is 2.53 bits per heavy atom. The minimum atomic E-state index is -0.766. The molecule has 0 radical (unpaired) electrons. The van der Waals surface area contributed by atoms with Crippen LogP contribution in [-0.4, -0.2) is 37.1 Å². The highest BCUT2D eigenvalue weighted by Gasteiger charge is 2.44. The molecular weight excluding hydrogens is 216 g/mol. The number of carbonyl (C=O) groups is 1. The van der Waals surface area contributed by atoms with Crippen LogP contribution in [0.4, 0.5) is 0 Å². The maximum absolute atomic E-state index is 12.5. The van der Waals surface area contributed by atoms with Crippen molar-refractivity contribution in [2.75, 3.05) is 20.3 Å². The summed E-state index contributed by atoms with van der Waals surface area (Å²) in [6, 6.07) is 2.29. The molecule has 0 aliphatic heterocycles. The summed E-state index contributed by atoms with van der Waals surface area (Å²) in [5, 5.41) is 9.31. The Labute approximate surface area is 104 Å². The van der Waals surface area contributed by atoms with E-state index in [4.69, 9.17) is 4.74 Å². The summed E-state index contributed by atoms with van der Waals surface area (Å²) in [7, 11) is 1.63. The van der Waals surface area contributed by atoms with E-state index in [9.17, 15) is 10.1 Å². The molecule has 1 aliphatic rings. The standard InChI is InChI=1S/C13H22N2O2/c1-4-15(11(2)9-17-3)12(16)13(10-14)7-5-6-8-13/h11H,4-9H2,1-3H3. The second-order valence-corrected chi connectivity index (χ2v) is 4.80. The lowest BCUT2D eigenvalue weighted by Crippen LogP contribution is -2.47. The van der Waals surface area contributed by atoms with Crippen molar-refractivity contribution >= 4 is 5.91 Å². The van der Waals surface area contributed by atoms with Crippen LogP contribution in [0.2, 0.25) is 0 Å². The van der Waals surface area contributed by atoms with E-state index >= 15 is 0 Å². The number of amides is 1. The highest BCUT2D eigenvalue weighted by molar-refractivity contribution is 5.86. The number of hydrogen-bond acceptors (Lipinski definition) is 3. The number of methoxy groups -OCH3 is 1. The monoisotopic (exact) mass is 238 g/mol. The molecule has 0 aromatic carbocycles. The lowest BCUT2D eigenvalue weighted by atomic mass is 9.86. The van der Waals surface area contributed by atoms with Crippen molar-refractivity contribution in [3.63, 3.8) is 0 Å². The molecule has 17 heavy (non-hydrogen) atoms. The summed E-state index contributed by atoms with van der Waals surface area (Å²) in [6.07, 6.45) is 3.38. The van der Waals surface area contributed by atoms with Crippen molar-refractivity contribution in [3.05, 3.63) is 0 Å². The fraction of sp³-hybridized carbons (Fsp3) is 0.846. The molecule has 0 spiro atoms. The Morgan fingerprint density at radius 1 is 1.53 bits per heavy atom. The molecular formula is C13H22N2O2. The minimum absolute atomic E-state index is 0.00968. The van der Waals surface area contributed by atoms with Gasteiger partial charge in [-0.2, -0.15) is 5.26 Å². The summed E-state index contributed by atoms with van der Waals surface area (Å²) in [5.74, 6) is -0.00968. The van der Waals surface area contributed by atoms with Crippen LogP contribution in [0.15, 0.2) is 0 Å². The average molecular weight is 238 g/mol. The third kappa shape index (κ3) is 2.78. The van der Waals surface area contributed by atoms with Gasteiger partial charge in [0.15, 0.2) is 0 Å². The molecule has 96 valence electrons. The summed E-state index contributed by atoms with van der Waals surface area (Å²) < 4.78 is 5.09. The second kappa shape index (κ2) is 6.02. The predicted molar refractivity (Wildman–Crippen MR) is 65.2 cm³/mol. The summed E-state index contributed by atoms with van der Waals surface area (Å²) in [5.41, 5.74) is -0.766. The first kappa shape index (κ1) is 14.0. The highest BCUT2D eigenvalue weighted by Crippen LogP contribution is 2.39. The molecule has 0 bridgehead atoms. The van der Waals surface area contributed by atoms with Gasteiger partial charge in [0.1, 0.15) is 5.41 Å². The van der Waals surface area contributed by atoms with Crippen molar-refractivity contribution in [3.8, 4) is 6.07 Å². The Balaban J connectivity index is 2.81. The maximum Gasteiger partial charge on any atom is 0.243 e. The molecule has 0 saturated heterocycles. The molecule has 1 unspecified atom stereocenters. The van der Waals surface area contributed by atoms with Gasteiger partial charge in [0.05, 0.1) is 18.7 Å². The van der Waals surface area contributed by atoms with Gasteiger partial charge < -0.3 is 9.64 Å². The van der Waals surface area contributed by atoms with E-state index in [1.165, 1.54) is 0 Å². The van der Waals surface area contributed by atoms with Crippen molar-refractivity contribution in [1.82, 2.24) is 4.90 Å². The van der Waals surface area contributed by atoms with Gasteiger partial charge in [-0.15, -0.1) is 0 Å². The number of hydrogen-bond donors (Lipinski definition) is 0. The number of nitrogens with zero attached hydrogens (tertiary/aromatic N) is 2. The zero-order chi connectivity index (χ0) is 12.9. The number of ether oxygens (including phenoxy) is 1. The van der Waals surface area contributed by atoms with Gasteiger partial charge in [0.25, 0.3) is 0 Å². The molecule has 0 aromatic rings. The predicted octanol–water partition coefficient (Wildman–Crippen LogP) is 1.95. The van der Waals surface area contributed by atoms with Crippen LogP contribution >= 0.6 is 0 Å². The molecule has 0 heterocycles. The number of carbonyl (C=O) groups excluding carboxylic acids is 1. The van der Waals surface area contributed by atoms with E-state index < -0.39 is 5.41 Å². The van der Waals surface area contributed by atoms with Gasteiger partial charge in [0.2, 0.25) is 5.91 Å². The van der Waals surface area contributed by atoms with E-state index in [-0.39, 0.29) is 11.9 Å². The molecule has 1 amide bonds. The third-order valence-corrected chi connectivity index (χ3v) is 3.62. The number of nitriles is 1. The Bertz CT molecular complexity index is 303. The lowest BCUT2D eigenvalue weighted by Gasteiger charge is -2.33. The Hall–Kier alpha value is -1.08. The first-order chi connectivity index (χ1) is 8.11. The van der Waals surface area contributed by atoms with Crippen LogP contribution in [0.25, 0.3) is 0 Å². The van der Waals surface area contributed by atoms with E-state index in [2.05, 4.69) is 6.07 Å². The first-order valence-electron chi connectivity index (χ1n) is 6.32. The van der Waals surface area contributed by atoms with E-state index in [0.29, 0.717) is 26.0 Å². The van der Waals surface area contributed by atoms with Crippen LogP contribution in [0.5, 0.6) is 0 Å². The SMILES string of the molecule is CCN(C(=O)C1(C#N)CCCC1)C(C)COC. The van der Waals surface area contributed by atoms with Gasteiger partial charge >= 0.3 is 0 Å². The lowest BCUT2D eigenvalue weighted by molar-refractivity contribution is -0.141. The molecule has 0 N–H and O–H groups in total. The van der Waals surface area contributed by atoms with Crippen LogP contribution in [0.1, 0.15) is 39.5 Å². The van der Waals surface area contributed by atoms with Gasteiger partial charge in [-0.05, 0) is 26.7 Å². The van der Waals surface area contributed by atoms with E-state index in [1.54, 1.807) is 12.0 Å². The normalized spacial score (nSPS) is 19.6. The molecule has 1 aliphatic carbocycles. The quantitative estimate of drug-likeness (QED) is 0.735. The van der Waals surface area contributed by atoms with Crippen molar-refractivity contribution in [1.29, 1.82) is 5.26 Å². The summed E-state index contributed by atoms with van der Waals surface area (Å²) in [4.78, 5) is 14.3. The smallest absolute Gasteiger partial charge is 0.243 e. The van der Waals surface area contributed by atoms with E-state index in [1.807, 2.05) is 13.8 Å². The molecule has 1 fully saturated rings. The zero-order valence-corrected chi connectivity index (χ0v) is 11.0.